The summed E-state index contributed by atoms with van der Waals surface area (Å²) in [5, 5.41) is 9.97. The Labute approximate surface area is 166 Å². The second-order valence-corrected chi connectivity index (χ2v) is 7.59. The number of carbonyl (C=O) groups is 2. The van der Waals surface area contributed by atoms with Gasteiger partial charge in [-0.25, -0.2) is 9.18 Å². The minimum atomic E-state index is -0.538. The number of hydrogen-bond donors (Lipinski definition) is 2. The smallest absolute Gasteiger partial charge is 0.322 e. The molecule has 1 aliphatic carbocycles. The number of benzene rings is 1. The highest BCUT2D eigenvalue weighted by Gasteiger charge is 2.27. The van der Waals surface area contributed by atoms with Gasteiger partial charge in [0.1, 0.15) is 5.82 Å². The number of nitrogens with zero attached hydrogens (tertiary/aromatic N) is 3. The van der Waals surface area contributed by atoms with Crippen molar-refractivity contribution in [1.82, 2.24) is 14.7 Å². The van der Waals surface area contributed by atoms with Crippen molar-refractivity contribution in [3.8, 4) is 0 Å². The first kappa shape index (κ1) is 18.7. The Bertz CT molecular complexity index is 910. The summed E-state index contributed by atoms with van der Waals surface area (Å²) in [5.74, 6) is -0.457. The van der Waals surface area contributed by atoms with Crippen LogP contribution in [0, 0.1) is 11.7 Å². The number of urea groups is 1. The van der Waals surface area contributed by atoms with Gasteiger partial charge >= 0.3 is 6.03 Å². The van der Waals surface area contributed by atoms with Gasteiger partial charge in [0.05, 0.1) is 35.7 Å². The van der Waals surface area contributed by atoms with Crippen LogP contribution in [-0.4, -0.2) is 33.2 Å². The topological polar surface area (TPSA) is 79.3 Å². The van der Waals surface area contributed by atoms with Gasteiger partial charge in [0.2, 0.25) is 5.91 Å². The summed E-state index contributed by atoms with van der Waals surface area (Å²) in [6.45, 7) is 1.33. The van der Waals surface area contributed by atoms with Crippen molar-refractivity contribution in [2.24, 2.45) is 5.92 Å². The molecule has 0 unspecified atom stereocenters. The van der Waals surface area contributed by atoms with Crippen LogP contribution in [-0.2, 0) is 17.9 Å². The quantitative estimate of drug-likeness (QED) is 0.813. The lowest BCUT2D eigenvalue weighted by molar-refractivity contribution is -0.119. The summed E-state index contributed by atoms with van der Waals surface area (Å²) in [5.41, 5.74) is 1.87. The molecule has 2 aromatic rings. The molecule has 1 fully saturated rings. The number of carbonyl (C=O) groups excluding carboxylic acids is 2. The molecule has 1 aromatic heterocycles. The van der Waals surface area contributed by atoms with Gasteiger partial charge in [-0.1, -0.05) is 24.4 Å². The molecular formula is C19H21ClFN5O2. The van der Waals surface area contributed by atoms with Gasteiger partial charge in [-0.15, -0.1) is 0 Å². The molecule has 2 heterocycles. The molecule has 1 saturated carbocycles. The van der Waals surface area contributed by atoms with Crippen molar-refractivity contribution in [2.75, 3.05) is 17.2 Å². The van der Waals surface area contributed by atoms with Gasteiger partial charge in [0, 0.05) is 18.2 Å². The van der Waals surface area contributed by atoms with E-state index in [1.165, 1.54) is 18.2 Å². The zero-order valence-electron chi connectivity index (χ0n) is 15.3. The summed E-state index contributed by atoms with van der Waals surface area (Å²) < 4.78 is 15.1. The summed E-state index contributed by atoms with van der Waals surface area (Å²) in [4.78, 5) is 26.7. The van der Waals surface area contributed by atoms with E-state index < -0.39 is 5.82 Å². The number of amides is 3. The first-order valence-electron chi connectivity index (χ1n) is 9.38. The highest BCUT2D eigenvalue weighted by atomic mass is 35.5. The predicted octanol–water partition coefficient (Wildman–Crippen LogP) is 3.85. The Balaban J connectivity index is 1.43. The second kappa shape index (κ2) is 7.79. The third kappa shape index (κ3) is 3.82. The van der Waals surface area contributed by atoms with Crippen LogP contribution in [0.15, 0.2) is 24.4 Å². The summed E-state index contributed by atoms with van der Waals surface area (Å²) in [6, 6.07) is 3.72. The van der Waals surface area contributed by atoms with E-state index in [2.05, 4.69) is 15.7 Å². The van der Waals surface area contributed by atoms with Crippen LogP contribution < -0.4 is 10.6 Å². The standard InChI is InChI=1S/C19H21ClFN5O2/c20-14-9-13(5-6-15(14)21)23-19(28)25-7-8-26-17(11-25)16(10-22-26)24-18(27)12-3-1-2-4-12/h5-6,9-10,12H,1-4,7-8,11H2,(H,23,28)(H,24,27). The van der Waals surface area contributed by atoms with E-state index in [-0.39, 0.29) is 22.9 Å². The zero-order chi connectivity index (χ0) is 19.7. The third-order valence-corrected chi connectivity index (χ3v) is 5.60. The Morgan fingerprint density at radius 1 is 1.18 bits per heavy atom. The fraction of sp³-hybridized carbons (Fsp3) is 0.421. The first-order chi connectivity index (χ1) is 13.5. The van der Waals surface area contributed by atoms with Crippen LogP contribution in [0.1, 0.15) is 31.4 Å². The molecule has 1 aromatic carbocycles. The van der Waals surface area contributed by atoms with E-state index in [0.717, 1.165) is 31.4 Å². The molecular weight excluding hydrogens is 385 g/mol. The Hall–Kier alpha value is -2.61. The summed E-state index contributed by atoms with van der Waals surface area (Å²) in [7, 11) is 0. The highest BCUT2D eigenvalue weighted by molar-refractivity contribution is 6.31. The maximum atomic E-state index is 13.3. The fourth-order valence-corrected chi connectivity index (χ4v) is 3.90. The van der Waals surface area contributed by atoms with Crippen LogP contribution in [0.2, 0.25) is 5.02 Å². The van der Waals surface area contributed by atoms with Gasteiger partial charge in [-0.3, -0.25) is 9.48 Å². The van der Waals surface area contributed by atoms with E-state index >= 15 is 0 Å². The lowest BCUT2D eigenvalue weighted by Crippen LogP contribution is -2.41. The molecule has 2 aliphatic rings. The molecule has 0 spiro atoms. The van der Waals surface area contributed by atoms with Gasteiger partial charge in [-0.2, -0.15) is 5.10 Å². The zero-order valence-corrected chi connectivity index (χ0v) is 16.0. The van der Waals surface area contributed by atoms with E-state index in [0.29, 0.717) is 31.0 Å². The molecule has 0 radical (unpaired) electrons. The normalized spacial score (nSPS) is 16.7. The molecule has 3 amide bonds. The third-order valence-electron chi connectivity index (χ3n) is 5.31. The van der Waals surface area contributed by atoms with Crippen molar-refractivity contribution in [1.29, 1.82) is 0 Å². The summed E-state index contributed by atoms with van der Waals surface area (Å²) >= 11 is 5.77. The number of aromatic nitrogens is 2. The molecule has 28 heavy (non-hydrogen) atoms. The van der Waals surface area contributed by atoms with Crippen LogP contribution in [0.3, 0.4) is 0 Å². The van der Waals surface area contributed by atoms with E-state index in [1.807, 2.05) is 4.68 Å². The maximum Gasteiger partial charge on any atom is 0.322 e. The summed E-state index contributed by atoms with van der Waals surface area (Å²) in [6.07, 6.45) is 5.66. The Morgan fingerprint density at radius 3 is 2.71 bits per heavy atom. The average molecular weight is 406 g/mol. The fourth-order valence-electron chi connectivity index (χ4n) is 3.72. The van der Waals surface area contributed by atoms with Crippen molar-refractivity contribution >= 4 is 34.9 Å². The van der Waals surface area contributed by atoms with E-state index in [4.69, 9.17) is 11.6 Å². The van der Waals surface area contributed by atoms with Crippen LogP contribution in [0.25, 0.3) is 0 Å². The minimum Gasteiger partial charge on any atom is -0.323 e. The largest absolute Gasteiger partial charge is 0.323 e. The minimum absolute atomic E-state index is 0.0239. The van der Waals surface area contributed by atoms with Gasteiger partial charge in [-0.05, 0) is 31.0 Å². The van der Waals surface area contributed by atoms with Crippen LogP contribution in [0.5, 0.6) is 0 Å². The average Bonchev–Trinajstić information content (AvgIpc) is 3.35. The van der Waals surface area contributed by atoms with Crippen LogP contribution in [0.4, 0.5) is 20.6 Å². The molecule has 7 nitrogen and oxygen atoms in total. The number of fused-ring (bicyclic) bond motifs is 1. The second-order valence-electron chi connectivity index (χ2n) is 7.18. The Kier molecular flexibility index (Phi) is 5.21. The number of halogens is 2. The van der Waals surface area contributed by atoms with Crippen molar-refractivity contribution in [3.05, 3.63) is 40.9 Å². The molecule has 0 saturated heterocycles. The Morgan fingerprint density at radius 2 is 1.96 bits per heavy atom. The number of anilines is 2. The highest BCUT2D eigenvalue weighted by Crippen LogP contribution is 2.28. The van der Waals surface area contributed by atoms with Gasteiger partial charge in [0.15, 0.2) is 0 Å². The molecule has 148 valence electrons. The predicted molar refractivity (Wildman–Crippen MR) is 104 cm³/mol. The van der Waals surface area contributed by atoms with Crippen molar-refractivity contribution < 1.29 is 14.0 Å². The molecule has 9 heteroatoms. The first-order valence-corrected chi connectivity index (χ1v) is 9.75. The number of hydrogen-bond acceptors (Lipinski definition) is 3. The molecule has 0 bridgehead atoms. The van der Waals surface area contributed by atoms with Crippen LogP contribution >= 0.6 is 11.6 Å². The van der Waals surface area contributed by atoms with E-state index in [9.17, 15) is 14.0 Å². The SMILES string of the molecule is O=C(Nc1cnn2c1CN(C(=O)Nc1ccc(F)c(Cl)c1)CC2)C1CCCC1. The molecule has 4 rings (SSSR count). The lowest BCUT2D eigenvalue weighted by atomic mass is 10.1. The lowest BCUT2D eigenvalue weighted by Gasteiger charge is -2.28. The number of nitrogens with one attached hydrogen (secondary N) is 2. The van der Waals surface area contributed by atoms with Gasteiger partial charge in [0.25, 0.3) is 0 Å². The molecule has 1 aliphatic heterocycles. The molecule has 0 atom stereocenters. The van der Waals surface area contributed by atoms with Gasteiger partial charge < -0.3 is 15.5 Å². The maximum absolute atomic E-state index is 13.3. The monoisotopic (exact) mass is 405 g/mol. The van der Waals surface area contributed by atoms with E-state index in [1.54, 1.807) is 11.1 Å². The van der Waals surface area contributed by atoms with Crippen molar-refractivity contribution in [2.45, 2.75) is 38.8 Å². The van der Waals surface area contributed by atoms with Crippen molar-refractivity contribution in [3.63, 3.8) is 0 Å². The number of rotatable bonds is 3. The molecule has 2 N–H and O–H groups in total.